The van der Waals surface area contributed by atoms with Crippen LogP contribution in [0.1, 0.15) is 39.0 Å². The Morgan fingerprint density at radius 3 is 2.50 bits per heavy atom. The van der Waals surface area contributed by atoms with Gasteiger partial charge in [0.25, 0.3) is 0 Å². The Kier molecular flexibility index (Phi) is 4.31. The number of rotatable bonds is 3. The highest BCUT2D eigenvalue weighted by Gasteiger charge is 2.41. The molecule has 16 heavy (non-hydrogen) atoms. The van der Waals surface area contributed by atoms with Crippen LogP contribution in [0.15, 0.2) is 0 Å². The maximum atomic E-state index is 12.2. The molecule has 0 radical (unpaired) electrons. The first-order chi connectivity index (χ1) is 7.52. The van der Waals surface area contributed by atoms with Gasteiger partial charge < -0.3 is 10.0 Å². The molecule has 0 aromatic rings. The molecule has 1 aliphatic rings. The van der Waals surface area contributed by atoms with Crippen molar-refractivity contribution in [1.82, 2.24) is 4.90 Å². The van der Waals surface area contributed by atoms with E-state index in [4.69, 9.17) is 0 Å². The quantitative estimate of drug-likeness (QED) is 0.785. The van der Waals surface area contributed by atoms with Crippen LogP contribution in [0, 0.1) is 16.7 Å². The number of hydrogen-bond acceptors (Lipinski definition) is 3. The molecule has 1 rings (SSSR count). The standard InChI is InChI=1S/C12H20N2O2/c1-10(15)8-14(2)11(16)12(9-13)6-4-3-5-7-12/h10,15H,3-8H2,1-2H3. The van der Waals surface area contributed by atoms with Gasteiger partial charge in [0, 0.05) is 13.6 Å². The molecule has 1 fully saturated rings. The van der Waals surface area contributed by atoms with Crippen molar-refractivity contribution in [2.75, 3.05) is 13.6 Å². The fourth-order valence-electron chi connectivity index (χ4n) is 2.37. The molecule has 1 N–H and O–H groups in total. The van der Waals surface area contributed by atoms with Gasteiger partial charge in [-0.05, 0) is 19.8 Å². The fourth-order valence-corrected chi connectivity index (χ4v) is 2.37. The SMILES string of the molecule is CC(O)CN(C)C(=O)C1(C#N)CCCCC1. The summed E-state index contributed by atoms with van der Waals surface area (Å²) in [6.07, 6.45) is 3.77. The van der Waals surface area contributed by atoms with Gasteiger partial charge >= 0.3 is 0 Å². The molecule has 1 atom stereocenters. The molecule has 1 amide bonds. The lowest BCUT2D eigenvalue weighted by Crippen LogP contribution is -2.44. The van der Waals surface area contributed by atoms with Crippen molar-refractivity contribution >= 4 is 5.91 Å². The summed E-state index contributed by atoms with van der Waals surface area (Å²) in [6.45, 7) is 1.94. The molecule has 0 saturated heterocycles. The second kappa shape index (κ2) is 5.31. The van der Waals surface area contributed by atoms with E-state index in [9.17, 15) is 15.2 Å². The van der Waals surface area contributed by atoms with Crippen LogP contribution in [0.2, 0.25) is 0 Å². The number of nitrogens with zero attached hydrogens (tertiary/aromatic N) is 2. The van der Waals surface area contributed by atoms with E-state index in [0.29, 0.717) is 19.4 Å². The molecule has 1 unspecified atom stereocenters. The average Bonchev–Trinajstić information content (AvgIpc) is 2.28. The van der Waals surface area contributed by atoms with Gasteiger partial charge in [0.15, 0.2) is 0 Å². The zero-order valence-corrected chi connectivity index (χ0v) is 10.1. The molecule has 4 heteroatoms. The van der Waals surface area contributed by atoms with Crippen LogP contribution in [0.5, 0.6) is 0 Å². The van der Waals surface area contributed by atoms with Crippen molar-refractivity contribution in [3.05, 3.63) is 0 Å². The smallest absolute Gasteiger partial charge is 0.242 e. The molecule has 90 valence electrons. The molecule has 0 heterocycles. The van der Waals surface area contributed by atoms with Crippen LogP contribution in [0.4, 0.5) is 0 Å². The maximum absolute atomic E-state index is 12.2. The first-order valence-electron chi connectivity index (χ1n) is 5.87. The van der Waals surface area contributed by atoms with Gasteiger partial charge in [-0.15, -0.1) is 0 Å². The number of carbonyl (C=O) groups is 1. The third kappa shape index (κ3) is 2.73. The summed E-state index contributed by atoms with van der Waals surface area (Å²) in [5.41, 5.74) is -0.831. The topological polar surface area (TPSA) is 64.3 Å². The van der Waals surface area contributed by atoms with E-state index in [1.165, 1.54) is 4.90 Å². The molecule has 0 aromatic heterocycles. The Balaban J connectivity index is 2.72. The predicted octanol–water partition coefficient (Wildman–Crippen LogP) is 1.30. The molecule has 0 spiro atoms. The van der Waals surface area contributed by atoms with Crippen LogP contribution < -0.4 is 0 Å². The highest BCUT2D eigenvalue weighted by atomic mass is 16.3. The third-order valence-corrected chi connectivity index (χ3v) is 3.22. The molecular weight excluding hydrogens is 204 g/mol. The van der Waals surface area contributed by atoms with Crippen molar-refractivity contribution in [2.24, 2.45) is 5.41 Å². The summed E-state index contributed by atoms with van der Waals surface area (Å²) >= 11 is 0. The maximum Gasteiger partial charge on any atom is 0.242 e. The lowest BCUT2D eigenvalue weighted by atomic mass is 9.74. The van der Waals surface area contributed by atoms with E-state index in [1.54, 1.807) is 14.0 Å². The van der Waals surface area contributed by atoms with E-state index >= 15 is 0 Å². The van der Waals surface area contributed by atoms with Crippen molar-refractivity contribution in [2.45, 2.75) is 45.1 Å². The third-order valence-electron chi connectivity index (χ3n) is 3.22. The van der Waals surface area contributed by atoms with Gasteiger partial charge in [0.2, 0.25) is 5.91 Å². The summed E-state index contributed by atoms with van der Waals surface area (Å²) in [4.78, 5) is 13.7. The molecule has 1 saturated carbocycles. The van der Waals surface area contributed by atoms with E-state index < -0.39 is 11.5 Å². The Labute approximate surface area is 96.9 Å². The highest BCUT2D eigenvalue weighted by Crippen LogP contribution is 2.37. The van der Waals surface area contributed by atoms with Gasteiger partial charge in [0.1, 0.15) is 5.41 Å². The molecular formula is C12H20N2O2. The number of carbonyl (C=O) groups excluding carboxylic acids is 1. The number of amides is 1. The minimum absolute atomic E-state index is 0.129. The summed E-state index contributed by atoms with van der Waals surface area (Å²) < 4.78 is 0. The van der Waals surface area contributed by atoms with Gasteiger partial charge in [-0.25, -0.2) is 0 Å². The zero-order valence-electron chi connectivity index (χ0n) is 10.1. The Hall–Kier alpha value is -1.08. The monoisotopic (exact) mass is 224 g/mol. The zero-order chi connectivity index (χ0) is 12.2. The first-order valence-corrected chi connectivity index (χ1v) is 5.87. The molecule has 4 nitrogen and oxygen atoms in total. The lowest BCUT2D eigenvalue weighted by molar-refractivity contribution is -0.140. The largest absolute Gasteiger partial charge is 0.392 e. The second-order valence-corrected chi connectivity index (χ2v) is 4.79. The normalized spacial score (nSPS) is 20.9. The lowest BCUT2D eigenvalue weighted by Gasteiger charge is -2.33. The molecule has 0 aliphatic heterocycles. The van der Waals surface area contributed by atoms with E-state index in [-0.39, 0.29) is 5.91 Å². The highest BCUT2D eigenvalue weighted by molar-refractivity contribution is 5.85. The van der Waals surface area contributed by atoms with Crippen LogP contribution in [0.25, 0.3) is 0 Å². The Bertz CT molecular complexity index is 288. The molecule has 1 aliphatic carbocycles. The average molecular weight is 224 g/mol. The Morgan fingerprint density at radius 2 is 2.06 bits per heavy atom. The van der Waals surface area contributed by atoms with Crippen molar-refractivity contribution < 1.29 is 9.90 Å². The minimum atomic E-state index is -0.831. The van der Waals surface area contributed by atoms with E-state index in [0.717, 1.165) is 19.3 Å². The number of hydrogen-bond donors (Lipinski definition) is 1. The van der Waals surface area contributed by atoms with Crippen molar-refractivity contribution in [1.29, 1.82) is 5.26 Å². The number of aliphatic hydroxyl groups is 1. The fraction of sp³-hybridized carbons (Fsp3) is 0.833. The predicted molar refractivity (Wildman–Crippen MR) is 60.4 cm³/mol. The van der Waals surface area contributed by atoms with Crippen molar-refractivity contribution in [3.8, 4) is 6.07 Å². The van der Waals surface area contributed by atoms with E-state index in [2.05, 4.69) is 6.07 Å². The summed E-state index contributed by atoms with van der Waals surface area (Å²) in [6, 6.07) is 2.20. The number of aliphatic hydroxyl groups excluding tert-OH is 1. The van der Waals surface area contributed by atoms with Gasteiger partial charge in [-0.1, -0.05) is 19.3 Å². The minimum Gasteiger partial charge on any atom is -0.392 e. The summed E-state index contributed by atoms with van der Waals surface area (Å²) in [5.74, 6) is -0.129. The van der Waals surface area contributed by atoms with Crippen LogP contribution >= 0.6 is 0 Å². The second-order valence-electron chi connectivity index (χ2n) is 4.79. The molecule has 0 bridgehead atoms. The number of nitriles is 1. The van der Waals surface area contributed by atoms with E-state index in [1.807, 2.05) is 0 Å². The number of likely N-dealkylation sites (N-methyl/N-ethyl adjacent to an activating group) is 1. The van der Waals surface area contributed by atoms with Gasteiger partial charge in [0.05, 0.1) is 12.2 Å². The molecule has 0 aromatic carbocycles. The summed E-state index contributed by atoms with van der Waals surface area (Å²) in [5, 5.41) is 18.5. The van der Waals surface area contributed by atoms with Crippen LogP contribution in [-0.4, -0.2) is 35.6 Å². The van der Waals surface area contributed by atoms with Crippen LogP contribution in [0.3, 0.4) is 0 Å². The van der Waals surface area contributed by atoms with Gasteiger partial charge in [-0.3, -0.25) is 4.79 Å². The first kappa shape index (κ1) is 13.0. The van der Waals surface area contributed by atoms with Crippen LogP contribution in [-0.2, 0) is 4.79 Å². The van der Waals surface area contributed by atoms with Gasteiger partial charge in [-0.2, -0.15) is 5.26 Å². The Morgan fingerprint density at radius 1 is 1.50 bits per heavy atom. The van der Waals surface area contributed by atoms with Crippen molar-refractivity contribution in [3.63, 3.8) is 0 Å². The summed E-state index contributed by atoms with van der Waals surface area (Å²) in [7, 11) is 1.66.